The fraction of sp³-hybridized carbons (Fsp3) is 0.500. The van der Waals surface area contributed by atoms with Crippen LogP contribution in [0.3, 0.4) is 0 Å². The number of halogens is 1. The molecule has 1 aromatic rings. The minimum atomic E-state index is -3.94. The van der Waals surface area contributed by atoms with Crippen LogP contribution in [0, 0.1) is 0 Å². The van der Waals surface area contributed by atoms with Crippen LogP contribution in [0.4, 0.5) is 0 Å². The van der Waals surface area contributed by atoms with E-state index in [4.69, 9.17) is 16.7 Å². The van der Waals surface area contributed by atoms with Gasteiger partial charge >= 0.3 is 0 Å². The number of nitrogens with two attached hydrogens (primary N) is 1. The van der Waals surface area contributed by atoms with Gasteiger partial charge in [0.25, 0.3) is 5.91 Å². The first-order chi connectivity index (χ1) is 10.3. The van der Waals surface area contributed by atoms with Crippen molar-refractivity contribution < 1.29 is 13.2 Å². The van der Waals surface area contributed by atoms with E-state index in [2.05, 4.69) is 18.7 Å². The van der Waals surface area contributed by atoms with Gasteiger partial charge in [-0.25, -0.2) is 13.6 Å². The molecule has 0 atom stereocenters. The van der Waals surface area contributed by atoms with Gasteiger partial charge in [-0.05, 0) is 30.8 Å². The first-order valence-corrected chi connectivity index (χ1v) is 9.07. The standard InChI is InChI=1S/C14H20ClN3O3S/c1-3-17(4-2)5-6-18-9-10-7-12(15)13(22(16,20)21)8-11(10)14(18)19/h7-8H,3-6,9H2,1-2H3,(H2,16,20,21). The molecule has 6 nitrogen and oxygen atoms in total. The lowest BCUT2D eigenvalue weighted by molar-refractivity contribution is 0.0760. The average molecular weight is 346 g/mol. The predicted molar refractivity (Wildman–Crippen MR) is 85.4 cm³/mol. The third kappa shape index (κ3) is 3.43. The molecule has 1 aliphatic heterocycles. The Kier molecular flexibility index (Phi) is 5.11. The number of benzene rings is 1. The van der Waals surface area contributed by atoms with Crippen LogP contribution in [0.2, 0.25) is 5.02 Å². The maximum atomic E-state index is 12.4. The summed E-state index contributed by atoms with van der Waals surface area (Å²) in [4.78, 5) is 16.1. The molecule has 0 saturated carbocycles. The summed E-state index contributed by atoms with van der Waals surface area (Å²) in [5, 5.41) is 5.18. The SMILES string of the molecule is CCN(CC)CCN1Cc2cc(Cl)c(S(N)(=O)=O)cc2C1=O. The molecular weight excluding hydrogens is 326 g/mol. The third-order valence-electron chi connectivity index (χ3n) is 3.92. The van der Waals surface area contributed by atoms with Gasteiger partial charge in [0.2, 0.25) is 10.0 Å². The number of sulfonamides is 1. The Morgan fingerprint density at radius 2 is 1.95 bits per heavy atom. The first-order valence-electron chi connectivity index (χ1n) is 7.14. The quantitative estimate of drug-likeness (QED) is 0.842. The molecule has 22 heavy (non-hydrogen) atoms. The van der Waals surface area contributed by atoms with Crippen LogP contribution in [-0.2, 0) is 16.6 Å². The van der Waals surface area contributed by atoms with Gasteiger partial charge in [0.15, 0.2) is 0 Å². The summed E-state index contributed by atoms with van der Waals surface area (Å²) in [6.07, 6.45) is 0. The zero-order chi connectivity index (χ0) is 16.5. The second kappa shape index (κ2) is 6.54. The zero-order valence-corrected chi connectivity index (χ0v) is 14.2. The van der Waals surface area contributed by atoms with Crippen molar-refractivity contribution in [2.75, 3.05) is 26.2 Å². The van der Waals surface area contributed by atoms with Gasteiger partial charge in [0.1, 0.15) is 4.90 Å². The van der Waals surface area contributed by atoms with Crippen LogP contribution in [0.15, 0.2) is 17.0 Å². The number of carbonyl (C=O) groups excluding carboxylic acids is 1. The normalized spacial score (nSPS) is 14.8. The van der Waals surface area contributed by atoms with Gasteiger partial charge in [0.05, 0.1) is 5.02 Å². The maximum Gasteiger partial charge on any atom is 0.254 e. The molecule has 2 rings (SSSR count). The molecule has 2 N–H and O–H groups in total. The summed E-state index contributed by atoms with van der Waals surface area (Å²) in [5.74, 6) is -0.177. The highest BCUT2D eigenvalue weighted by Crippen LogP contribution is 2.30. The average Bonchev–Trinajstić information content (AvgIpc) is 2.74. The molecule has 0 aliphatic carbocycles. The van der Waals surface area contributed by atoms with E-state index in [0.717, 1.165) is 25.2 Å². The Hall–Kier alpha value is -1.15. The fourth-order valence-corrected chi connectivity index (χ4v) is 3.69. The second-order valence-corrected chi connectivity index (χ2v) is 7.18. The van der Waals surface area contributed by atoms with E-state index in [-0.39, 0.29) is 15.8 Å². The number of nitrogens with zero attached hydrogens (tertiary/aromatic N) is 2. The molecule has 0 spiro atoms. The third-order valence-corrected chi connectivity index (χ3v) is 5.30. The molecule has 8 heteroatoms. The van der Waals surface area contributed by atoms with Crippen molar-refractivity contribution in [2.24, 2.45) is 5.14 Å². The van der Waals surface area contributed by atoms with Crippen molar-refractivity contribution in [1.82, 2.24) is 9.80 Å². The highest BCUT2D eigenvalue weighted by atomic mass is 35.5. The van der Waals surface area contributed by atoms with E-state index < -0.39 is 10.0 Å². The molecule has 0 radical (unpaired) electrons. The molecule has 0 aromatic heterocycles. The van der Waals surface area contributed by atoms with Gasteiger partial charge in [-0.1, -0.05) is 25.4 Å². The number of rotatable bonds is 6. The van der Waals surface area contributed by atoms with Crippen molar-refractivity contribution in [3.8, 4) is 0 Å². The molecular formula is C14H20ClN3O3S. The van der Waals surface area contributed by atoms with Crippen molar-refractivity contribution >= 4 is 27.5 Å². The minimum Gasteiger partial charge on any atom is -0.333 e. The Morgan fingerprint density at radius 3 is 2.50 bits per heavy atom. The molecule has 1 aromatic carbocycles. The van der Waals surface area contributed by atoms with Crippen molar-refractivity contribution in [3.63, 3.8) is 0 Å². The largest absolute Gasteiger partial charge is 0.333 e. The van der Waals surface area contributed by atoms with Gasteiger partial charge < -0.3 is 9.80 Å². The molecule has 1 amide bonds. The van der Waals surface area contributed by atoms with Gasteiger partial charge in [-0.3, -0.25) is 4.79 Å². The summed E-state index contributed by atoms with van der Waals surface area (Å²) in [7, 11) is -3.94. The van der Waals surface area contributed by atoms with E-state index in [9.17, 15) is 13.2 Å². The van der Waals surface area contributed by atoms with Crippen molar-refractivity contribution in [3.05, 3.63) is 28.3 Å². The summed E-state index contributed by atoms with van der Waals surface area (Å²) in [6, 6.07) is 2.80. The summed E-state index contributed by atoms with van der Waals surface area (Å²) < 4.78 is 23.0. The minimum absolute atomic E-state index is 0.0552. The van der Waals surface area contributed by atoms with E-state index >= 15 is 0 Å². The molecule has 122 valence electrons. The van der Waals surface area contributed by atoms with Gasteiger partial charge in [0, 0.05) is 25.2 Å². The maximum absolute atomic E-state index is 12.4. The lowest BCUT2D eigenvalue weighted by Crippen LogP contribution is -2.35. The number of fused-ring (bicyclic) bond motifs is 1. The number of amides is 1. The van der Waals surface area contributed by atoms with Crippen LogP contribution >= 0.6 is 11.6 Å². The number of primary sulfonamides is 1. The fourth-order valence-electron chi connectivity index (χ4n) is 2.57. The van der Waals surface area contributed by atoms with E-state index in [0.29, 0.717) is 18.7 Å². The highest BCUT2D eigenvalue weighted by Gasteiger charge is 2.30. The molecule has 0 bridgehead atoms. The highest BCUT2D eigenvalue weighted by molar-refractivity contribution is 7.89. The van der Waals surface area contributed by atoms with E-state index in [1.807, 2.05) is 0 Å². The van der Waals surface area contributed by atoms with Gasteiger partial charge in [-0.15, -0.1) is 0 Å². The van der Waals surface area contributed by atoms with Crippen molar-refractivity contribution in [2.45, 2.75) is 25.3 Å². The Labute approximate surface area is 135 Å². The Balaban J connectivity index is 2.22. The molecule has 0 fully saturated rings. The lowest BCUT2D eigenvalue weighted by atomic mass is 10.1. The van der Waals surface area contributed by atoms with Crippen LogP contribution in [-0.4, -0.2) is 50.3 Å². The Morgan fingerprint density at radius 1 is 1.32 bits per heavy atom. The second-order valence-electron chi connectivity index (χ2n) is 5.24. The number of hydrogen-bond acceptors (Lipinski definition) is 4. The molecule has 1 heterocycles. The zero-order valence-electron chi connectivity index (χ0n) is 12.7. The number of carbonyl (C=O) groups is 1. The first kappa shape index (κ1) is 17.2. The van der Waals surface area contributed by atoms with E-state index in [1.54, 1.807) is 4.90 Å². The van der Waals surface area contributed by atoms with Gasteiger partial charge in [-0.2, -0.15) is 0 Å². The number of likely N-dealkylation sites (N-methyl/N-ethyl adjacent to an activating group) is 1. The molecule has 0 unspecified atom stereocenters. The van der Waals surface area contributed by atoms with Crippen molar-refractivity contribution in [1.29, 1.82) is 0 Å². The van der Waals surface area contributed by atoms with Crippen LogP contribution < -0.4 is 5.14 Å². The lowest BCUT2D eigenvalue weighted by Gasteiger charge is -2.22. The summed E-state index contributed by atoms with van der Waals surface area (Å²) in [5.41, 5.74) is 1.11. The Bertz CT molecular complexity index is 687. The summed E-state index contributed by atoms with van der Waals surface area (Å²) >= 11 is 5.96. The van der Waals surface area contributed by atoms with Crippen LogP contribution in [0.5, 0.6) is 0 Å². The molecule has 1 aliphatic rings. The number of hydrogen-bond donors (Lipinski definition) is 1. The predicted octanol–water partition coefficient (Wildman–Crippen LogP) is 1.28. The molecule has 0 saturated heterocycles. The van der Waals surface area contributed by atoms with Crippen LogP contribution in [0.25, 0.3) is 0 Å². The van der Waals surface area contributed by atoms with E-state index in [1.165, 1.54) is 12.1 Å². The monoisotopic (exact) mass is 345 g/mol. The smallest absolute Gasteiger partial charge is 0.254 e. The topological polar surface area (TPSA) is 83.7 Å². The van der Waals surface area contributed by atoms with Crippen LogP contribution in [0.1, 0.15) is 29.8 Å². The summed E-state index contributed by atoms with van der Waals surface area (Å²) in [6.45, 7) is 7.81.